The number of aliphatic carboxylic acids is 1. The number of likely N-dealkylation sites (N-methyl/N-ethyl adjacent to an activating group) is 1. The minimum atomic E-state index is -1.04. The molecule has 6 nitrogen and oxygen atoms in total. The van der Waals surface area contributed by atoms with E-state index in [0.29, 0.717) is 12.2 Å². The van der Waals surface area contributed by atoms with Gasteiger partial charge in [0.1, 0.15) is 6.04 Å². The Hall–Kier alpha value is -0.950. The van der Waals surface area contributed by atoms with E-state index in [-0.39, 0.29) is 6.54 Å². The maximum atomic E-state index is 11.6. The molecule has 0 aromatic rings. The fraction of sp³-hybridized carbons (Fsp3) is 0.800. The lowest BCUT2D eigenvalue weighted by molar-refractivity contribution is -0.139. The first kappa shape index (κ1) is 16.1. The average molecular weight is 264 g/mol. The van der Waals surface area contributed by atoms with E-state index in [1.54, 1.807) is 6.92 Å². The number of thioether (sulfide) groups is 1. The molecule has 2 atom stereocenters. The molecule has 0 heterocycles. The highest BCUT2D eigenvalue weighted by atomic mass is 32.2. The standard InChI is InChI=1S/C10H20N2O4S/c1-7(13)6-12(2)10(16)11-8(9(14)15)4-5-17-3/h7-8,13H,4-6H2,1-3H3,(H,11,16)(H,14,15)/t7?,8-/m0/s1. The van der Waals surface area contributed by atoms with Crippen LogP contribution in [0, 0.1) is 0 Å². The number of rotatable bonds is 7. The number of nitrogens with zero attached hydrogens (tertiary/aromatic N) is 1. The molecule has 0 rings (SSSR count). The summed E-state index contributed by atoms with van der Waals surface area (Å²) in [7, 11) is 1.51. The predicted molar refractivity (Wildman–Crippen MR) is 67.3 cm³/mol. The molecule has 0 aromatic heterocycles. The Balaban J connectivity index is 4.24. The smallest absolute Gasteiger partial charge is 0.326 e. The van der Waals surface area contributed by atoms with Gasteiger partial charge in [-0.1, -0.05) is 0 Å². The van der Waals surface area contributed by atoms with Gasteiger partial charge < -0.3 is 20.4 Å². The van der Waals surface area contributed by atoms with Crippen molar-refractivity contribution < 1.29 is 19.8 Å². The summed E-state index contributed by atoms with van der Waals surface area (Å²) in [6.45, 7) is 1.73. The molecule has 0 aromatic carbocycles. The maximum Gasteiger partial charge on any atom is 0.326 e. The van der Waals surface area contributed by atoms with Crippen molar-refractivity contribution in [3.8, 4) is 0 Å². The summed E-state index contributed by atoms with van der Waals surface area (Å²) in [5.41, 5.74) is 0. The van der Waals surface area contributed by atoms with Crippen LogP contribution in [0.4, 0.5) is 4.79 Å². The van der Waals surface area contributed by atoms with E-state index in [1.165, 1.54) is 23.7 Å². The van der Waals surface area contributed by atoms with Crippen LogP contribution in [0.3, 0.4) is 0 Å². The molecule has 0 saturated carbocycles. The van der Waals surface area contributed by atoms with Crippen LogP contribution in [-0.4, -0.2) is 64.9 Å². The van der Waals surface area contributed by atoms with E-state index in [9.17, 15) is 9.59 Å². The number of hydrogen-bond acceptors (Lipinski definition) is 4. The number of carbonyl (C=O) groups excluding carboxylic acids is 1. The number of urea groups is 1. The molecule has 100 valence electrons. The van der Waals surface area contributed by atoms with Gasteiger partial charge in [0.2, 0.25) is 0 Å². The van der Waals surface area contributed by atoms with Crippen molar-refractivity contribution in [1.29, 1.82) is 0 Å². The Bertz CT molecular complexity index is 261. The van der Waals surface area contributed by atoms with E-state index < -0.39 is 24.1 Å². The first-order chi connectivity index (χ1) is 7.88. The van der Waals surface area contributed by atoms with Gasteiger partial charge in [-0.15, -0.1) is 0 Å². The largest absolute Gasteiger partial charge is 0.480 e. The SMILES string of the molecule is CSCC[C@H](NC(=O)N(C)CC(C)O)C(=O)O. The molecule has 1 unspecified atom stereocenters. The second kappa shape index (κ2) is 8.19. The van der Waals surface area contributed by atoms with Gasteiger partial charge in [-0.2, -0.15) is 11.8 Å². The van der Waals surface area contributed by atoms with Crippen LogP contribution in [-0.2, 0) is 4.79 Å². The first-order valence-electron chi connectivity index (χ1n) is 5.30. The molecular formula is C10H20N2O4S. The lowest BCUT2D eigenvalue weighted by Crippen LogP contribution is -2.48. The first-order valence-corrected chi connectivity index (χ1v) is 6.69. The molecule has 0 aliphatic heterocycles. The summed E-state index contributed by atoms with van der Waals surface area (Å²) in [5.74, 6) is -0.380. The molecule has 0 radical (unpaired) electrons. The van der Waals surface area contributed by atoms with Crippen LogP contribution in [0.2, 0.25) is 0 Å². The monoisotopic (exact) mass is 264 g/mol. The van der Waals surface area contributed by atoms with Gasteiger partial charge in [0.15, 0.2) is 0 Å². The van der Waals surface area contributed by atoms with Crippen molar-refractivity contribution in [2.24, 2.45) is 0 Å². The van der Waals surface area contributed by atoms with Crippen molar-refractivity contribution >= 4 is 23.8 Å². The van der Waals surface area contributed by atoms with E-state index in [4.69, 9.17) is 10.2 Å². The summed E-state index contributed by atoms with van der Waals surface area (Å²) < 4.78 is 0. The summed E-state index contributed by atoms with van der Waals surface area (Å²) >= 11 is 1.53. The topological polar surface area (TPSA) is 89.9 Å². The molecule has 3 N–H and O–H groups in total. The highest BCUT2D eigenvalue weighted by Gasteiger charge is 2.21. The highest BCUT2D eigenvalue weighted by molar-refractivity contribution is 7.98. The zero-order chi connectivity index (χ0) is 13.4. The van der Waals surface area contributed by atoms with Gasteiger partial charge in [-0.25, -0.2) is 9.59 Å². The predicted octanol–water partition coefficient (Wildman–Crippen LogP) is 0.215. The quantitative estimate of drug-likeness (QED) is 0.612. The van der Waals surface area contributed by atoms with Crippen LogP contribution < -0.4 is 5.32 Å². The summed E-state index contributed by atoms with van der Waals surface area (Å²) in [4.78, 5) is 23.7. The summed E-state index contributed by atoms with van der Waals surface area (Å²) in [6.07, 6.45) is 1.62. The van der Waals surface area contributed by atoms with Crippen LogP contribution in [0.15, 0.2) is 0 Å². The fourth-order valence-electron chi connectivity index (χ4n) is 1.23. The third-order valence-electron chi connectivity index (χ3n) is 2.09. The van der Waals surface area contributed by atoms with Gasteiger partial charge in [0.05, 0.1) is 6.10 Å². The normalized spacial score (nSPS) is 13.9. The second-order valence-electron chi connectivity index (χ2n) is 3.85. The minimum absolute atomic E-state index is 0.167. The van der Waals surface area contributed by atoms with Crippen LogP contribution in [0.1, 0.15) is 13.3 Å². The van der Waals surface area contributed by atoms with Crippen molar-refractivity contribution in [2.75, 3.05) is 25.6 Å². The van der Waals surface area contributed by atoms with Crippen molar-refractivity contribution in [2.45, 2.75) is 25.5 Å². The number of carboxylic acids is 1. The highest BCUT2D eigenvalue weighted by Crippen LogP contribution is 2.02. The van der Waals surface area contributed by atoms with Gasteiger partial charge in [0, 0.05) is 13.6 Å². The molecular weight excluding hydrogens is 244 g/mol. The number of aliphatic hydroxyl groups is 1. The molecule has 0 saturated heterocycles. The molecule has 0 bridgehead atoms. The number of carbonyl (C=O) groups is 2. The van der Waals surface area contributed by atoms with Gasteiger partial charge in [-0.3, -0.25) is 0 Å². The Morgan fingerprint density at radius 3 is 2.47 bits per heavy atom. The summed E-state index contributed by atoms with van der Waals surface area (Å²) in [6, 6.07) is -1.37. The molecule has 17 heavy (non-hydrogen) atoms. The Morgan fingerprint density at radius 1 is 1.47 bits per heavy atom. The molecule has 0 aliphatic carbocycles. The number of nitrogens with one attached hydrogen (secondary N) is 1. The van der Waals surface area contributed by atoms with Crippen LogP contribution >= 0.6 is 11.8 Å². The summed E-state index contributed by atoms with van der Waals surface area (Å²) in [5, 5.41) is 20.5. The van der Waals surface area contributed by atoms with Gasteiger partial charge in [-0.05, 0) is 25.4 Å². The number of hydrogen-bond donors (Lipinski definition) is 3. The average Bonchev–Trinajstić information content (AvgIpc) is 2.22. The zero-order valence-electron chi connectivity index (χ0n) is 10.3. The Morgan fingerprint density at radius 2 is 2.06 bits per heavy atom. The number of carboxylic acid groups (broad SMARTS) is 1. The molecule has 0 spiro atoms. The fourth-order valence-corrected chi connectivity index (χ4v) is 1.70. The third-order valence-corrected chi connectivity index (χ3v) is 2.74. The molecule has 7 heteroatoms. The lowest BCUT2D eigenvalue weighted by atomic mass is 10.2. The minimum Gasteiger partial charge on any atom is -0.480 e. The van der Waals surface area contributed by atoms with Crippen molar-refractivity contribution in [3.63, 3.8) is 0 Å². The Kier molecular flexibility index (Phi) is 7.73. The van der Waals surface area contributed by atoms with Crippen molar-refractivity contribution in [3.05, 3.63) is 0 Å². The number of amides is 2. The zero-order valence-corrected chi connectivity index (χ0v) is 11.2. The Labute approximate surface area is 105 Å². The van der Waals surface area contributed by atoms with Gasteiger partial charge in [0.25, 0.3) is 0 Å². The molecule has 0 fully saturated rings. The third kappa shape index (κ3) is 7.06. The number of aliphatic hydroxyl groups excluding tert-OH is 1. The second-order valence-corrected chi connectivity index (χ2v) is 4.84. The molecule has 0 aliphatic rings. The molecule has 2 amide bonds. The van der Waals surface area contributed by atoms with E-state index in [1.807, 2.05) is 6.26 Å². The lowest BCUT2D eigenvalue weighted by Gasteiger charge is -2.22. The van der Waals surface area contributed by atoms with Gasteiger partial charge >= 0.3 is 12.0 Å². The van der Waals surface area contributed by atoms with Crippen molar-refractivity contribution in [1.82, 2.24) is 10.2 Å². The van der Waals surface area contributed by atoms with E-state index >= 15 is 0 Å². The van der Waals surface area contributed by atoms with Crippen LogP contribution in [0.25, 0.3) is 0 Å². The maximum absolute atomic E-state index is 11.6. The van der Waals surface area contributed by atoms with Crippen LogP contribution in [0.5, 0.6) is 0 Å². The van der Waals surface area contributed by atoms with E-state index in [2.05, 4.69) is 5.32 Å². The van der Waals surface area contributed by atoms with E-state index in [0.717, 1.165) is 0 Å².